The molecule has 0 aromatic rings. The van der Waals surface area contributed by atoms with E-state index in [4.69, 9.17) is 0 Å². The average molecular weight is 372 g/mol. The minimum Gasteiger partial charge on any atom is -0.338 e. The summed E-state index contributed by atoms with van der Waals surface area (Å²) in [5.41, 5.74) is 2.96. The van der Waals surface area contributed by atoms with Gasteiger partial charge in [0.25, 0.3) is 0 Å². The summed E-state index contributed by atoms with van der Waals surface area (Å²) in [7, 11) is 1.66. The van der Waals surface area contributed by atoms with Gasteiger partial charge in [-0.25, -0.2) is 14.2 Å². The highest BCUT2D eigenvalue weighted by Crippen LogP contribution is 2.34. The summed E-state index contributed by atoms with van der Waals surface area (Å²) in [6, 6.07) is -0.230. The van der Waals surface area contributed by atoms with E-state index >= 15 is 0 Å². The number of piperidine rings is 1. The number of carbonyl (C=O) groups excluding carboxylic acids is 2. The predicted octanol–water partition coefficient (Wildman–Crippen LogP) is 1.42. The molecular weight excluding hydrogens is 342 g/mol. The Labute approximate surface area is 153 Å². The number of halogens is 2. The molecule has 26 heavy (non-hydrogen) atoms. The van der Waals surface area contributed by atoms with Crippen LogP contribution in [0.3, 0.4) is 0 Å². The Bertz CT molecular complexity index is 513. The summed E-state index contributed by atoms with van der Waals surface area (Å²) in [6.45, 7) is 0.737. The smallest absolute Gasteiger partial charge is 0.238 e. The van der Waals surface area contributed by atoms with E-state index in [1.165, 1.54) is 5.01 Å². The first-order valence-corrected chi connectivity index (χ1v) is 9.77. The molecule has 6 atom stereocenters. The highest BCUT2D eigenvalue weighted by Gasteiger charge is 2.34. The SMILES string of the molecule is CN1NC(NC(=O)C2CCC(CC3CCC(F)C(F)C3)CN2)CCC1=O. The van der Waals surface area contributed by atoms with Crippen molar-refractivity contribution in [3.63, 3.8) is 0 Å². The van der Waals surface area contributed by atoms with Crippen LogP contribution in [0.1, 0.15) is 51.4 Å². The summed E-state index contributed by atoms with van der Waals surface area (Å²) >= 11 is 0. The first-order chi connectivity index (χ1) is 12.4. The Morgan fingerprint density at radius 3 is 2.58 bits per heavy atom. The minimum absolute atomic E-state index is 0.0199. The predicted molar refractivity (Wildman–Crippen MR) is 93.3 cm³/mol. The number of hydrazine groups is 1. The molecular formula is C18H30F2N4O2. The third-order valence-electron chi connectivity index (χ3n) is 5.99. The molecule has 0 aromatic heterocycles. The highest BCUT2D eigenvalue weighted by atomic mass is 19.2. The highest BCUT2D eigenvalue weighted by molar-refractivity contribution is 5.82. The number of rotatable bonds is 4. The third-order valence-corrected chi connectivity index (χ3v) is 5.99. The fourth-order valence-corrected chi connectivity index (χ4v) is 4.37. The maximum absolute atomic E-state index is 13.5. The minimum atomic E-state index is -1.31. The second-order valence-electron chi connectivity index (χ2n) is 8.03. The van der Waals surface area contributed by atoms with Crippen LogP contribution in [0.5, 0.6) is 0 Å². The molecule has 0 spiro atoms. The summed E-state index contributed by atoms with van der Waals surface area (Å²) in [6.07, 6.45) is 2.21. The molecule has 1 saturated carbocycles. The number of hydrogen-bond acceptors (Lipinski definition) is 4. The van der Waals surface area contributed by atoms with Crippen molar-refractivity contribution in [1.82, 2.24) is 21.1 Å². The molecule has 2 aliphatic heterocycles. The van der Waals surface area contributed by atoms with Crippen molar-refractivity contribution in [2.45, 2.75) is 75.9 Å². The van der Waals surface area contributed by atoms with E-state index in [9.17, 15) is 18.4 Å². The maximum Gasteiger partial charge on any atom is 0.238 e. The molecule has 0 aromatic carbocycles. The number of hydrogen-bond donors (Lipinski definition) is 3. The van der Waals surface area contributed by atoms with Crippen molar-refractivity contribution < 1.29 is 18.4 Å². The van der Waals surface area contributed by atoms with Gasteiger partial charge in [-0.05, 0) is 63.3 Å². The molecule has 2 heterocycles. The molecule has 0 radical (unpaired) electrons. The monoisotopic (exact) mass is 372 g/mol. The summed E-state index contributed by atoms with van der Waals surface area (Å²) in [4.78, 5) is 23.9. The van der Waals surface area contributed by atoms with E-state index in [1.807, 2.05) is 0 Å². The van der Waals surface area contributed by atoms with E-state index in [2.05, 4.69) is 16.1 Å². The number of carbonyl (C=O) groups is 2. The van der Waals surface area contributed by atoms with Gasteiger partial charge >= 0.3 is 0 Å². The van der Waals surface area contributed by atoms with Crippen LogP contribution < -0.4 is 16.1 Å². The third kappa shape index (κ3) is 4.91. The van der Waals surface area contributed by atoms with Gasteiger partial charge in [-0.15, -0.1) is 0 Å². The second-order valence-corrected chi connectivity index (χ2v) is 8.03. The van der Waals surface area contributed by atoms with E-state index < -0.39 is 12.3 Å². The Morgan fingerprint density at radius 2 is 1.92 bits per heavy atom. The topological polar surface area (TPSA) is 73.5 Å². The molecule has 3 N–H and O–H groups in total. The standard InChI is InChI=1S/C18H30F2N4O2/c1-24-17(25)7-6-16(23-24)22-18(26)15-5-3-12(10-21-15)8-11-2-4-13(19)14(20)9-11/h11-16,21,23H,2-10H2,1H3,(H,22,26). The summed E-state index contributed by atoms with van der Waals surface area (Å²) in [5.74, 6) is 0.648. The van der Waals surface area contributed by atoms with E-state index in [0.717, 1.165) is 32.2 Å². The molecule has 2 amide bonds. The van der Waals surface area contributed by atoms with Gasteiger partial charge in [-0.1, -0.05) is 0 Å². The normalized spacial score (nSPS) is 38.9. The van der Waals surface area contributed by atoms with Gasteiger partial charge in [-0.2, -0.15) is 0 Å². The lowest BCUT2D eigenvalue weighted by atomic mass is 9.78. The summed E-state index contributed by atoms with van der Waals surface area (Å²) in [5, 5.41) is 7.67. The Kier molecular flexibility index (Phi) is 6.45. The molecule has 148 valence electrons. The fourth-order valence-electron chi connectivity index (χ4n) is 4.37. The number of nitrogens with zero attached hydrogens (tertiary/aromatic N) is 1. The average Bonchev–Trinajstić information content (AvgIpc) is 2.62. The Morgan fingerprint density at radius 1 is 1.15 bits per heavy atom. The number of amides is 2. The van der Waals surface area contributed by atoms with Crippen molar-refractivity contribution in [3.8, 4) is 0 Å². The van der Waals surface area contributed by atoms with Crippen LogP contribution in [0.25, 0.3) is 0 Å². The molecule has 3 fully saturated rings. The molecule has 6 unspecified atom stereocenters. The van der Waals surface area contributed by atoms with Crippen molar-refractivity contribution >= 4 is 11.8 Å². The molecule has 8 heteroatoms. The van der Waals surface area contributed by atoms with Crippen LogP contribution in [-0.4, -0.2) is 55.0 Å². The maximum atomic E-state index is 13.5. The van der Waals surface area contributed by atoms with Gasteiger partial charge < -0.3 is 10.6 Å². The van der Waals surface area contributed by atoms with Gasteiger partial charge in [0.15, 0.2) is 0 Å². The molecule has 2 saturated heterocycles. The molecule has 0 bridgehead atoms. The van der Waals surface area contributed by atoms with E-state index in [1.54, 1.807) is 7.05 Å². The van der Waals surface area contributed by atoms with Crippen molar-refractivity contribution in [3.05, 3.63) is 0 Å². The zero-order valence-corrected chi connectivity index (χ0v) is 15.3. The molecule has 3 aliphatic rings. The van der Waals surface area contributed by atoms with Crippen molar-refractivity contribution in [2.24, 2.45) is 11.8 Å². The molecule has 1 aliphatic carbocycles. The number of alkyl halides is 2. The van der Waals surface area contributed by atoms with Crippen LogP contribution in [-0.2, 0) is 9.59 Å². The van der Waals surface area contributed by atoms with Crippen LogP contribution in [0.2, 0.25) is 0 Å². The quantitative estimate of drug-likeness (QED) is 0.698. The van der Waals surface area contributed by atoms with Crippen molar-refractivity contribution in [2.75, 3.05) is 13.6 Å². The zero-order chi connectivity index (χ0) is 18.7. The van der Waals surface area contributed by atoms with Gasteiger partial charge in [0.2, 0.25) is 11.8 Å². The van der Waals surface area contributed by atoms with E-state index in [0.29, 0.717) is 31.6 Å². The largest absolute Gasteiger partial charge is 0.338 e. The van der Waals surface area contributed by atoms with Crippen LogP contribution in [0.15, 0.2) is 0 Å². The summed E-state index contributed by atoms with van der Waals surface area (Å²) < 4.78 is 26.8. The lowest BCUT2D eigenvalue weighted by molar-refractivity contribution is -0.139. The fraction of sp³-hybridized carbons (Fsp3) is 0.889. The van der Waals surface area contributed by atoms with Gasteiger partial charge in [-0.3, -0.25) is 14.6 Å². The lowest BCUT2D eigenvalue weighted by Crippen LogP contribution is -2.60. The van der Waals surface area contributed by atoms with Crippen LogP contribution in [0, 0.1) is 11.8 Å². The molecule has 6 nitrogen and oxygen atoms in total. The van der Waals surface area contributed by atoms with E-state index in [-0.39, 0.29) is 29.9 Å². The number of nitrogens with one attached hydrogen (secondary N) is 3. The van der Waals surface area contributed by atoms with Gasteiger partial charge in [0.1, 0.15) is 12.3 Å². The zero-order valence-electron chi connectivity index (χ0n) is 15.3. The first kappa shape index (κ1) is 19.5. The molecule has 3 rings (SSSR count). The van der Waals surface area contributed by atoms with Crippen LogP contribution in [0.4, 0.5) is 8.78 Å². The first-order valence-electron chi connectivity index (χ1n) is 9.77. The Hall–Kier alpha value is -1.28. The Balaban J connectivity index is 1.38. The van der Waals surface area contributed by atoms with Gasteiger partial charge in [0, 0.05) is 13.5 Å². The lowest BCUT2D eigenvalue weighted by Gasteiger charge is -2.35. The second kappa shape index (κ2) is 8.61. The van der Waals surface area contributed by atoms with Gasteiger partial charge in [0.05, 0.1) is 12.2 Å². The van der Waals surface area contributed by atoms with Crippen molar-refractivity contribution in [1.29, 1.82) is 0 Å². The van der Waals surface area contributed by atoms with Crippen LogP contribution >= 0.6 is 0 Å².